The molecule has 0 radical (unpaired) electrons. The number of rotatable bonds is 6. The fraction of sp³-hybridized carbons (Fsp3) is 0.700. The minimum atomic E-state index is 0.838. The number of hydrogen-bond donors (Lipinski definition) is 1. The van der Waals surface area contributed by atoms with Crippen molar-refractivity contribution >= 4 is 0 Å². The van der Waals surface area contributed by atoms with Crippen LogP contribution in [0.1, 0.15) is 25.6 Å². The van der Waals surface area contributed by atoms with Gasteiger partial charge in [-0.05, 0) is 12.8 Å². The van der Waals surface area contributed by atoms with E-state index in [1.165, 1.54) is 12.2 Å². The average Bonchev–Trinajstić information content (AvgIpc) is 2.54. The number of hydrogen-bond acceptors (Lipinski definition) is 1. The summed E-state index contributed by atoms with van der Waals surface area (Å²) in [7, 11) is 1.74. The highest BCUT2D eigenvalue weighted by atomic mass is 16.5. The fourth-order valence-electron chi connectivity index (χ4n) is 1.45. The quantitative estimate of drug-likeness (QED) is 0.522. The monoisotopic (exact) mass is 183 g/mol. The largest absolute Gasteiger partial charge is 0.385 e. The standard InChI is InChI=1S/C10H18N2O/c1-3-7-12-8-6-11-10(12)5-4-9-13-2/h6,8H,3-5,7,9H2,1-2H3/p+1. The average molecular weight is 183 g/mol. The number of methoxy groups -OCH3 is 1. The zero-order valence-corrected chi connectivity index (χ0v) is 8.55. The third-order valence-electron chi connectivity index (χ3n) is 2.08. The van der Waals surface area contributed by atoms with Crippen LogP contribution >= 0.6 is 0 Å². The molecule has 1 aromatic heterocycles. The van der Waals surface area contributed by atoms with Gasteiger partial charge in [-0.15, -0.1) is 0 Å². The summed E-state index contributed by atoms with van der Waals surface area (Å²) in [5, 5.41) is 0. The van der Waals surface area contributed by atoms with Crippen molar-refractivity contribution in [2.75, 3.05) is 13.7 Å². The van der Waals surface area contributed by atoms with Gasteiger partial charge in [0.2, 0.25) is 0 Å². The van der Waals surface area contributed by atoms with Gasteiger partial charge in [-0.25, -0.2) is 9.55 Å². The third kappa shape index (κ3) is 3.19. The first kappa shape index (κ1) is 10.3. The lowest BCUT2D eigenvalue weighted by Gasteiger charge is -1.98. The lowest BCUT2D eigenvalue weighted by atomic mass is 10.3. The lowest BCUT2D eigenvalue weighted by Crippen LogP contribution is -2.35. The number of aromatic nitrogens is 2. The Morgan fingerprint density at radius 2 is 2.38 bits per heavy atom. The second-order valence-corrected chi connectivity index (χ2v) is 3.20. The Hall–Kier alpha value is -0.830. The Bertz CT molecular complexity index is 233. The van der Waals surface area contributed by atoms with Gasteiger partial charge in [0.25, 0.3) is 5.82 Å². The van der Waals surface area contributed by atoms with E-state index in [1.54, 1.807) is 7.11 Å². The van der Waals surface area contributed by atoms with Crippen LogP contribution in [0.2, 0.25) is 0 Å². The smallest absolute Gasteiger partial charge is 0.254 e. The topological polar surface area (TPSA) is 28.9 Å². The zero-order valence-electron chi connectivity index (χ0n) is 8.55. The Balaban J connectivity index is 2.40. The van der Waals surface area contributed by atoms with E-state index in [-0.39, 0.29) is 0 Å². The molecule has 0 aliphatic carbocycles. The molecule has 0 saturated heterocycles. The number of nitrogens with one attached hydrogen (secondary N) is 1. The molecule has 0 amide bonds. The summed E-state index contributed by atoms with van der Waals surface area (Å²) in [6.45, 7) is 4.13. The van der Waals surface area contributed by atoms with E-state index in [0.29, 0.717) is 0 Å². The summed E-state index contributed by atoms with van der Waals surface area (Å²) < 4.78 is 7.29. The minimum Gasteiger partial charge on any atom is -0.385 e. The van der Waals surface area contributed by atoms with E-state index in [9.17, 15) is 0 Å². The van der Waals surface area contributed by atoms with Gasteiger partial charge in [0.15, 0.2) is 0 Å². The van der Waals surface area contributed by atoms with Crippen molar-refractivity contribution in [3.8, 4) is 0 Å². The molecule has 0 bridgehead atoms. The molecule has 1 heterocycles. The molecular formula is C10H19N2O+. The van der Waals surface area contributed by atoms with Crippen LogP contribution in [0.15, 0.2) is 12.4 Å². The number of H-pyrrole nitrogens is 1. The summed E-state index contributed by atoms with van der Waals surface area (Å²) in [6, 6.07) is 0. The molecule has 13 heavy (non-hydrogen) atoms. The van der Waals surface area contributed by atoms with Crippen molar-refractivity contribution < 1.29 is 9.30 Å². The first-order valence-corrected chi connectivity index (χ1v) is 4.93. The van der Waals surface area contributed by atoms with E-state index in [0.717, 1.165) is 26.0 Å². The SMILES string of the molecule is CCC[n+]1cc[nH]c1CCCOC. The van der Waals surface area contributed by atoms with Crippen LogP contribution in [-0.4, -0.2) is 18.7 Å². The number of ether oxygens (including phenoxy) is 1. The molecule has 0 atom stereocenters. The van der Waals surface area contributed by atoms with Crippen LogP contribution in [-0.2, 0) is 17.7 Å². The van der Waals surface area contributed by atoms with Crippen LogP contribution in [0.25, 0.3) is 0 Å². The maximum absolute atomic E-state index is 5.02. The second-order valence-electron chi connectivity index (χ2n) is 3.20. The second kappa shape index (κ2) is 5.75. The summed E-state index contributed by atoms with van der Waals surface area (Å²) in [5.74, 6) is 1.30. The van der Waals surface area contributed by atoms with Crippen molar-refractivity contribution in [1.29, 1.82) is 0 Å². The summed E-state index contributed by atoms with van der Waals surface area (Å²) in [5.41, 5.74) is 0. The number of aryl methyl sites for hydroxylation is 2. The predicted molar refractivity (Wildman–Crippen MR) is 51.5 cm³/mol. The van der Waals surface area contributed by atoms with E-state index in [4.69, 9.17) is 4.74 Å². The van der Waals surface area contributed by atoms with Gasteiger partial charge < -0.3 is 4.74 Å². The summed E-state index contributed by atoms with van der Waals surface area (Å²) >= 11 is 0. The van der Waals surface area contributed by atoms with Crippen LogP contribution in [0.5, 0.6) is 0 Å². The van der Waals surface area contributed by atoms with Crippen LogP contribution in [0.4, 0.5) is 0 Å². The van der Waals surface area contributed by atoms with Gasteiger partial charge in [0.05, 0.1) is 13.0 Å². The molecule has 0 saturated carbocycles. The summed E-state index contributed by atoms with van der Waals surface area (Å²) in [4.78, 5) is 3.26. The van der Waals surface area contributed by atoms with Gasteiger partial charge in [0.1, 0.15) is 12.4 Å². The summed E-state index contributed by atoms with van der Waals surface area (Å²) in [6.07, 6.45) is 7.44. The Morgan fingerprint density at radius 1 is 1.54 bits per heavy atom. The van der Waals surface area contributed by atoms with E-state index in [2.05, 4.69) is 22.7 Å². The van der Waals surface area contributed by atoms with Crippen molar-refractivity contribution in [3.05, 3.63) is 18.2 Å². The molecule has 1 aromatic rings. The van der Waals surface area contributed by atoms with Gasteiger partial charge in [-0.1, -0.05) is 6.92 Å². The van der Waals surface area contributed by atoms with Gasteiger partial charge in [-0.2, -0.15) is 0 Å². The minimum absolute atomic E-state index is 0.838. The predicted octanol–water partition coefficient (Wildman–Crippen LogP) is 1.29. The van der Waals surface area contributed by atoms with Gasteiger partial charge in [-0.3, -0.25) is 0 Å². The molecule has 0 fully saturated rings. The number of imidazole rings is 1. The van der Waals surface area contributed by atoms with Gasteiger partial charge >= 0.3 is 0 Å². The molecule has 74 valence electrons. The number of nitrogens with zero attached hydrogens (tertiary/aromatic N) is 1. The molecule has 0 aliphatic heterocycles. The Labute approximate surface area is 79.7 Å². The molecule has 3 heteroatoms. The highest BCUT2D eigenvalue weighted by Gasteiger charge is 2.08. The normalized spacial score (nSPS) is 10.6. The van der Waals surface area contributed by atoms with E-state index in [1.807, 2.05) is 6.20 Å². The molecule has 0 aromatic carbocycles. The maximum Gasteiger partial charge on any atom is 0.254 e. The van der Waals surface area contributed by atoms with E-state index >= 15 is 0 Å². The molecule has 0 aliphatic rings. The zero-order chi connectivity index (χ0) is 9.52. The van der Waals surface area contributed by atoms with Crippen molar-refractivity contribution in [3.63, 3.8) is 0 Å². The lowest BCUT2D eigenvalue weighted by molar-refractivity contribution is -0.702. The molecular weight excluding hydrogens is 164 g/mol. The van der Waals surface area contributed by atoms with E-state index < -0.39 is 0 Å². The number of aromatic amines is 1. The Morgan fingerprint density at radius 3 is 3.08 bits per heavy atom. The molecule has 1 rings (SSSR count). The Kier molecular flexibility index (Phi) is 4.54. The molecule has 1 N–H and O–H groups in total. The highest BCUT2D eigenvalue weighted by Crippen LogP contribution is 1.94. The van der Waals surface area contributed by atoms with Crippen molar-refractivity contribution in [2.24, 2.45) is 0 Å². The third-order valence-corrected chi connectivity index (χ3v) is 2.08. The fourth-order valence-corrected chi connectivity index (χ4v) is 1.45. The van der Waals surface area contributed by atoms with Gasteiger partial charge in [0, 0.05) is 13.7 Å². The van der Waals surface area contributed by atoms with Crippen LogP contribution < -0.4 is 4.57 Å². The van der Waals surface area contributed by atoms with Crippen molar-refractivity contribution in [1.82, 2.24) is 4.98 Å². The molecule has 0 spiro atoms. The maximum atomic E-state index is 5.02. The first-order valence-electron chi connectivity index (χ1n) is 4.93. The highest BCUT2D eigenvalue weighted by molar-refractivity contribution is 4.77. The van der Waals surface area contributed by atoms with Crippen LogP contribution in [0, 0.1) is 0 Å². The molecule has 3 nitrogen and oxygen atoms in total. The van der Waals surface area contributed by atoms with Crippen LogP contribution in [0.3, 0.4) is 0 Å². The molecule has 0 unspecified atom stereocenters. The van der Waals surface area contributed by atoms with Crippen molar-refractivity contribution in [2.45, 2.75) is 32.7 Å². The first-order chi connectivity index (χ1) is 6.38.